The fraction of sp³-hybridized carbons (Fsp3) is 0.389. The van der Waals surface area contributed by atoms with E-state index in [1.54, 1.807) is 12.4 Å². The summed E-state index contributed by atoms with van der Waals surface area (Å²) in [4.78, 5) is 31.7. The number of rotatable bonds is 4. The number of amides is 2. The van der Waals surface area contributed by atoms with Gasteiger partial charge in [0, 0.05) is 25.0 Å². The first-order valence-electron chi connectivity index (χ1n) is 8.23. The number of hydrogen-bond acceptors (Lipinski definition) is 4. The van der Waals surface area contributed by atoms with Crippen molar-refractivity contribution in [1.29, 1.82) is 0 Å². The fourth-order valence-corrected chi connectivity index (χ4v) is 4.52. The summed E-state index contributed by atoms with van der Waals surface area (Å²) in [6.45, 7) is 0.815. The number of aromatic nitrogens is 1. The van der Waals surface area contributed by atoms with Crippen LogP contribution in [0.2, 0.25) is 0 Å². The summed E-state index contributed by atoms with van der Waals surface area (Å²) < 4.78 is 0. The van der Waals surface area contributed by atoms with E-state index in [0.29, 0.717) is 12.3 Å². The van der Waals surface area contributed by atoms with Gasteiger partial charge in [0.05, 0.1) is 17.3 Å². The molecular formula is C18H19N3O2S. The van der Waals surface area contributed by atoms with Crippen molar-refractivity contribution in [2.24, 2.45) is 5.92 Å². The van der Waals surface area contributed by atoms with Crippen molar-refractivity contribution in [3.8, 4) is 0 Å². The van der Waals surface area contributed by atoms with Crippen LogP contribution in [-0.4, -0.2) is 40.3 Å². The van der Waals surface area contributed by atoms with Crippen LogP contribution < -0.4 is 5.32 Å². The molecule has 2 amide bonds. The van der Waals surface area contributed by atoms with Crippen molar-refractivity contribution in [2.75, 3.05) is 6.54 Å². The highest BCUT2D eigenvalue weighted by Crippen LogP contribution is 2.38. The first-order valence-corrected chi connectivity index (χ1v) is 9.11. The van der Waals surface area contributed by atoms with Crippen LogP contribution >= 0.6 is 11.3 Å². The number of fused-ring (bicyclic) bond motifs is 2. The zero-order valence-corrected chi connectivity index (χ0v) is 14.0. The molecule has 1 aliphatic heterocycles. The Morgan fingerprint density at radius 2 is 2.21 bits per heavy atom. The van der Waals surface area contributed by atoms with Crippen LogP contribution in [0, 0.1) is 5.92 Å². The number of pyridine rings is 1. The Labute approximate surface area is 144 Å². The summed E-state index contributed by atoms with van der Waals surface area (Å²) in [6, 6.07) is 7.68. The zero-order chi connectivity index (χ0) is 16.5. The van der Waals surface area contributed by atoms with Crippen LogP contribution in [0.25, 0.3) is 0 Å². The predicted molar refractivity (Wildman–Crippen MR) is 91.7 cm³/mol. The van der Waals surface area contributed by atoms with Crippen molar-refractivity contribution >= 4 is 23.2 Å². The van der Waals surface area contributed by atoms with E-state index in [1.165, 1.54) is 11.3 Å². The van der Waals surface area contributed by atoms with E-state index in [9.17, 15) is 9.59 Å². The first-order chi connectivity index (χ1) is 11.7. The Balaban J connectivity index is 1.41. The number of nitrogens with one attached hydrogen (secondary N) is 1. The summed E-state index contributed by atoms with van der Waals surface area (Å²) in [6.07, 6.45) is 5.79. The molecular weight excluding hydrogens is 322 g/mol. The summed E-state index contributed by atoms with van der Waals surface area (Å²) in [5.74, 6) is 0.606. The summed E-state index contributed by atoms with van der Waals surface area (Å²) in [5.41, 5.74) is 0.935. The lowest BCUT2D eigenvalue weighted by Gasteiger charge is -2.33. The molecule has 3 atom stereocenters. The minimum Gasteiger partial charge on any atom is -0.347 e. The average molecular weight is 341 g/mol. The van der Waals surface area contributed by atoms with Gasteiger partial charge in [0.15, 0.2) is 0 Å². The number of carbonyl (C=O) groups excluding carboxylic acids is 2. The molecule has 2 aromatic heterocycles. The van der Waals surface area contributed by atoms with Gasteiger partial charge in [0.1, 0.15) is 0 Å². The Hall–Kier alpha value is -2.21. The maximum absolute atomic E-state index is 12.7. The molecule has 2 fully saturated rings. The highest BCUT2D eigenvalue weighted by Gasteiger charge is 2.47. The van der Waals surface area contributed by atoms with E-state index < -0.39 is 0 Å². The van der Waals surface area contributed by atoms with Gasteiger partial charge in [0.25, 0.3) is 5.91 Å². The molecule has 124 valence electrons. The average Bonchev–Trinajstić information content (AvgIpc) is 3.32. The van der Waals surface area contributed by atoms with E-state index in [1.807, 2.05) is 34.5 Å². The molecule has 5 nitrogen and oxygen atoms in total. The third kappa shape index (κ3) is 2.94. The number of likely N-dealkylation sites (tertiary alicyclic amines) is 1. The standard InChI is InChI=1S/C18H19N3O2S/c22-17(9-12-3-1-5-19-10-12)21-11-13-7-14(15(21)8-13)20-18(23)16-4-2-6-24-16/h1-6,10,13-15H,7-9,11H2,(H,20,23)/t13-,14+,15-/m1/s1. The van der Waals surface area contributed by atoms with Gasteiger partial charge in [-0.25, -0.2) is 0 Å². The van der Waals surface area contributed by atoms with Gasteiger partial charge in [-0.1, -0.05) is 12.1 Å². The van der Waals surface area contributed by atoms with E-state index in [2.05, 4.69) is 10.3 Å². The van der Waals surface area contributed by atoms with Crippen LogP contribution in [0.1, 0.15) is 28.1 Å². The molecule has 1 N–H and O–H groups in total. The number of piperidine rings is 1. The Morgan fingerprint density at radius 1 is 1.29 bits per heavy atom. The molecule has 24 heavy (non-hydrogen) atoms. The third-order valence-electron chi connectivity index (χ3n) is 4.94. The van der Waals surface area contributed by atoms with E-state index in [-0.39, 0.29) is 23.9 Å². The fourth-order valence-electron chi connectivity index (χ4n) is 3.89. The Morgan fingerprint density at radius 3 is 2.92 bits per heavy atom. The lowest BCUT2D eigenvalue weighted by atomic mass is 10.0. The molecule has 2 aromatic rings. The summed E-state index contributed by atoms with van der Waals surface area (Å²) in [5, 5.41) is 5.03. The molecule has 0 unspecified atom stereocenters. The SMILES string of the molecule is O=C(N[C@H]1C[C@@H]2C[C@H]1N(C(=O)Cc1cccnc1)C2)c1cccs1. The van der Waals surface area contributed by atoms with Gasteiger partial charge >= 0.3 is 0 Å². The maximum atomic E-state index is 12.7. The summed E-state index contributed by atoms with van der Waals surface area (Å²) in [7, 11) is 0. The normalized spacial score (nSPS) is 25.0. The van der Waals surface area contributed by atoms with Crippen molar-refractivity contribution in [1.82, 2.24) is 15.2 Å². The maximum Gasteiger partial charge on any atom is 0.261 e. The molecule has 3 heterocycles. The molecule has 0 spiro atoms. The molecule has 0 aromatic carbocycles. The van der Waals surface area contributed by atoms with E-state index in [4.69, 9.17) is 0 Å². The number of hydrogen-bond donors (Lipinski definition) is 1. The minimum atomic E-state index is -0.0257. The Bertz CT molecular complexity index is 732. The molecule has 2 aliphatic rings. The zero-order valence-electron chi connectivity index (χ0n) is 13.2. The first kappa shape index (κ1) is 15.3. The minimum absolute atomic E-state index is 0.0257. The van der Waals surface area contributed by atoms with Crippen LogP contribution in [0.15, 0.2) is 42.0 Å². The van der Waals surface area contributed by atoms with Gasteiger partial charge in [-0.15, -0.1) is 11.3 Å². The number of nitrogens with zero attached hydrogens (tertiary/aromatic N) is 2. The summed E-state index contributed by atoms with van der Waals surface area (Å²) >= 11 is 1.44. The van der Waals surface area contributed by atoms with Crippen LogP contribution in [-0.2, 0) is 11.2 Å². The largest absolute Gasteiger partial charge is 0.347 e. The molecule has 4 rings (SSSR count). The van der Waals surface area contributed by atoms with Crippen LogP contribution in [0.3, 0.4) is 0 Å². The molecule has 6 heteroatoms. The predicted octanol–water partition coefficient (Wildman–Crippen LogP) is 2.10. The van der Waals surface area contributed by atoms with Gasteiger partial charge in [0.2, 0.25) is 5.91 Å². The van der Waals surface area contributed by atoms with Gasteiger partial charge < -0.3 is 10.2 Å². The van der Waals surface area contributed by atoms with Crippen molar-refractivity contribution in [2.45, 2.75) is 31.3 Å². The number of carbonyl (C=O) groups is 2. The molecule has 1 saturated heterocycles. The molecule has 2 bridgehead atoms. The second-order valence-corrected chi connectivity index (χ2v) is 7.49. The van der Waals surface area contributed by atoms with Crippen LogP contribution in [0.5, 0.6) is 0 Å². The van der Waals surface area contributed by atoms with E-state index >= 15 is 0 Å². The topological polar surface area (TPSA) is 62.3 Å². The van der Waals surface area contributed by atoms with Gasteiger partial charge in [-0.3, -0.25) is 14.6 Å². The molecule has 1 saturated carbocycles. The monoisotopic (exact) mass is 341 g/mol. The van der Waals surface area contributed by atoms with Crippen molar-refractivity contribution in [3.63, 3.8) is 0 Å². The lowest BCUT2D eigenvalue weighted by Crippen LogP contribution is -2.52. The lowest BCUT2D eigenvalue weighted by molar-refractivity contribution is -0.132. The smallest absolute Gasteiger partial charge is 0.261 e. The number of thiophene rings is 1. The molecule has 0 radical (unpaired) electrons. The highest BCUT2D eigenvalue weighted by molar-refractivity contribution is 7.12. The Kier molecular flexibility index (Phi) is 4.06. The second-order valence-electron chi connectivity index (χ2n) is 6.55. The van der Waals surface area contributed by atoms with Crippen molar-refractivity contribution < 1.29 is 9.59 Å². The molecule has 1 aliphatic carbocycles. The highest BCUT2D eigenvalue weighted by atomic mass is 32.1. The van der Waals surface area contributed by atoms with Gasteiger partial charge in [-0.2, -0.15) is 0 Å². The third-order valence-corrected chi connectivity index (χ3v) is 5.81. The quantitative estimate of drug-likeness (QED) is 0.926. The van der Waals surface area contributed by atoms with Crippen LogP contribution in [0.4, 0.5) is 0 Å². The van der Waals surface area contributed by atoms with E-state index in [0.717, 1.165) is 29.8 Å². The van der Waals surface area contributed by atoms with Gasteiger partial charge in [-0.05, 0) is 41.8 Å². The van der Waals surface area contributed by atoms with Crippen molar-refractivity contribution in [3.05, 3.63) is 52.5 Å². The second kappa shape index (κ2) is 6.36.